The molecule has 1 amide bonds. The molecule has 1 aliphatic heterocycles. The minimum Gasteiger partial charge on any atom is -0.453 e. The Hall–Kier alpha value is -3.87. The van der Waals surface area contributed by atoms with Crippen molar-refractivity contribution < 1.29 is 27.1 Å². The number of hydrogen-bond acceptors (Lipinski definition) is 9. The number of ether oxygens (including phenoxy) is 1. The van der Waals surface area contributed by atoms with Crippen molar-refractivity contribution in [3.8, 4) is 11.3 Å². The predicted octanol–water partition coefficient (Wildman–Crippen LogP) is 5.31. The summed E-state index contributed by atoms with van der Waals surface area (Å²) in [5, 5.41) is 9.88. The minimum absolute atomic E-state index is 0.109. The van der Waals surface area contributed by atoms with Gasteiger partial charge < -0.3 is 24.7 Å². The van der Waals surface area contributed by atoms with Gasteiger partial charge in [-0.3, -0.25) is 5.32 Å². The Morgan fingerprint density at radius 1 is 1.05 bits per heavy atom. The first-order valence-corrected chi connectivity index (χ1v) is 13.4. The normalized spacial score (nSPS) is 21.6. The fourth-order valence-electron chi connectivity index (χ4n) is 5.34. The van der Waals surface area contributed by atoms with Crippen molar-refractivity contribution >= 4 is 23.5 Å². The SMILES string of the molecule is COC(=O)Nc1cccc(-c2cnc(NC3CCCCC3NC3CCCN(c4cnc(C(F)(F)F)nc4)C3)o2)c1. The highest BCUT2D eigenvalue weighted by Crippen LogP contribution is 2.30. The van der Waals surface area contributed by atoms with E-state index in [-0.39, 0.29) is 18.1 Å². The highest BCUT2D eigenvalue weighted by molar-refractivity contribution is 5.85. The summed E-state index contributed by atoms with van der Waals surface area (Å²) in [4.78, 5) is 25.0. The number of nitrogens with one attached hydrogen (secondary N) is 3. The molecule has 40 heavy (non-hydrogen) atoms. The number of carbonyl (C=O) groups is 1. The number of rotatable bonds is 7. The third-order valence-electron chi connectivity index (χ3n) is 7.29. The van der Waals surface area contributed by atoms with E-state index in [1.807, 2.05) is 17.0 Å². The molecule has 3 unspecified atom stereocenters. The molecule has 13 heteroatoms. The second kappa shape index (κ2) is 12.1. The highest BCUT2D eigenvalue weighted by atomic mass is 19.4. The molecule has 2 aliphatic rings. The summed E-state index contributed by atoms with van der Waals surface area (Å²) in [6.45, 7) is 1.41. The summed E-state index contributed by atoms with van der Waals surface area (Å²) in [6.07, 6.45) is 5.08. The number of anilines is 3. The van der Waals surface area contributed by atoms with Crippen LogP contribution < -0.4 is 20.9 Å². The lowest BCUT2D eigenvalue weighted by Gasteiger charge is -2.40. The summed E-state index contributed by atoms with van der Waals surface area (Å²) in [5.41, 5.74) is 1.94. The van der Waals surface area contributed by atoms with Crippen LogP contribution in [0, 0.1) is 0 Å². The number of benzene rings is 1. The lowest BCUT2D eigenvalue weighted by molar-refractivity contribution is -0.145. The van der Waals surface area contributed by atoms with Gasteiger partial charge in [0.05, 0.1) is 31.4 Å². The molecule has 214 valence electrons. The third kappa shape index (κ3) is 6.82. The molecule has 2 aromatic heterocycles. The molecule has 0 spiro atoms. The van der Waals surface area contributed by atoms with E-state index in [0.717, 1.165) is 50.6 Å². The minimum atomic E-state index is -4.55. The first-order valence-electron chi connectivity index (χ1n) is 13.4. The zero-order chi connectivity index (χ0) is 28.1. The summed E-state index contributed by atoms with van der Waals surface area (Å²) >= 11 is 0. The average molecular weight is 560 g/mol. The Bertz CT molecular complexity index is 1280. The molecule has 1 aliphatic carbocycles. The Labute approximate surface area is 229 Å². The average Bonchev–Trinajstić information content (AvgIpc) is 3.42. The molecule has 3 N–H and O–H groups in total. The first-order chi connectivity index (χ1) is 19.3. The lowest BCUT2D eigenvalue weighted by atomic mass is 9.89. The topological polar surface area (TPSA) is 117 Å². The molecule has 1 saturated heterocycles. The number of carbonyl (C=O) groups excluding carboxylic acids is 1. The second-order valence-corrected chi connectivity index (χ2v) is 10.1. The van der Waals surface area contributed by atoms with E-state index in [1.165, 1.54) is 19.5 Å². The van der Waals surface area contributed by atoms with E-state index in [4.69, 9.17) is 4.42 Å². The van der Waals surface area contributed by atoms with Gasteiger partial charge in [-0.25, -0.2) is 19.7 Å². The van der Waals surface area contributed by atoms with Crippen molar-refractivity contribution in [2.24, 2.45) is 0 Å². The smallest absolute Gasteiger partial charge is 0.451 e. The maximum absolute atomic E-state index is 12.9. The molecule has 1 saturated carbocycles. The summed E-state index contributed by atoms with van der Waals surface area (Å²) in [7, 11) is 1.31. The number of alkyl halides is 3. The zero-order valence-corrected chi connectivity index (χ0v) is 22.1. The number of aromatic nitrogens is 3. The zero-order valence-electron chi connectivity index (χ0n) is 22.1. The van der Waals surface area contributed by atoms with Gasteiger partial charge in [0.15, 0.2) is 5.76 Å². The molecule has 10 nitrogen and oxygen atoms in total. The van der Waals surface area contributed by atoms with Crippen molar-refractivity contribution in [2.45, 2.75) is 62.8 Å². The monoisotopic (exact) mass is 559 g/mol. The van der Waals surface area contributed by atoms with Crippen LogP contribution in [0.2, 0.25) is 0 Å². The van der Waals surface area contributed by atoms with Crippen LogP contribution in [-0.4, -0.2) is 59.4 Å². The van der Waals surface area contributed by atoms with E-state index in [9.17, 15) is 18.0 Å². The van der Waals surface area contributed by atoms with E-state index < -0.39 is 18.1 Å². The van der Waals surface area contributed by atoms with Gasteiger partial charge >= 0.3 is 12.3 Å². The van der Waals surface area contributed by atoms with Crippen molar-refractivity contribution in [1.29, 1.82) is 0 Å². The van der Waals surface area contributed by atoms with Crippen LogP contribution in [-0.2, 0) is 10.9 Å². The third-order valence-corrected chi connectivity index (χ3v) is 7.29. The molecular weight excluding hydrogens is 527 g/mol. The van der Waals surface area contributed by atoms with E-state index >= 15 is 0 Å². The van der Waals surface area contributed by atoms with Gasteiger partial charge in [0.1, 0.15) is 0 Å². The quantitative estimate of drug-likeness (QED) is 0.354. The van der Waals surface area contributed by atoms with Crippen LogP contribution in [0.1, 0.15) is 44.3 Å². The Kier molecular flexibility index (Phi) is 8.38. The molecule has 0 bridgehead atoms. The molecular formula is C27H32F3N7O3. The number of piperidine rings is 1. The number of amides is 1. The Morgan fingerprint density at radius 3 is 2.58 bits per heavy atom. The molecule has 2 fully saturated rings. The summed E-state index contributed by atoms with van der Waals surface area (Å²) in [6, 6.07) is 8.10. The van der Waals surface area contributed by atoms with Gasteiger partial charge in [-0.05, 0) is 37.8 Å². The van der Waals surface area contributed by atoms with Crippen LogP contribution in [0.4, 0.5) is 35.4 Å². The van der Waals surface area contributed by atoms with E-state index in [2.05, 4.69) is 35.6 Å². The molecule has 3 aromatic rings. The Morgan fingerprint density at radius 2 is 1.82 bits per heavy atom. The number of hydrogen-bond donors (Lipinski definition) is 3. The van der Waals surface area contributed by atoms with Crippen molar-refractivity contribution in [1.82, 2.24) is 20.3 Å². The van der Waals surface area contributed by atoms with Gasteiger partial charge in [-0.15, -0.1) is 0 Å². The number of oxazole rings is 1. The number of nitrogens with zero attached hydrogens (tertiary/aromatic N) is 4. The number of halogens is 3. The maximum atomic E-state index is 12.9. The molecule has 3 atom stereocenters. The standard InChI is InChI=1S/C27H32F3N7O3/c1-39-26(38)35-18-7-4-6-17(12-18)23-15-33-25(40-23)36-22-10-3-2-9-21(22)34-19-8-5-11-37(16-19)20-13-31-24(32-14-20)27(28,29)30/h4,6-7,12-15,19,21-22,34H,2-3,5,8-11,16H2,1H3,(H,33,36)(H,35,38). The van der Waals surface area contributed by atoms with Crippen LogP contribution in [0.15, 0.2) is 47.3 Å². The Balaban J connectivity index is 1.20. The highest BCUT2D eigenvalue weighted by Gasteiger charge is 2.35. The largest absolute Gasteiger partial charge is 0.453 e. The molecule has 1 aromatic carbocycles. The maximum Gasteiger partial charge on any atom is 0.451 e. The van der Waals surface area contributed by atoms with Gasteiger partial charge in [0.25, 0.3) is 6.01 Å². The van der Waals surface area contributed by atoms with Gasteiger partial charge in [0.2, 0.25) is 5.82 Å². The van der Waals surface area contributed by atoms with Crippen molar-refractivity contribution in [2.75, 3.05) is 35.7 Å². The summed E-state index contributed by atoms with van der Waals surface area (Å²) in [5.74, 6) is -0.558. The number of methoxy groups -OCH3 is 1. The van der Waals surface area contributed by atoms with Crippen LogP contribution in [0.25, 0.3) is 11.3 Å². The van der Waals surface area contributed by atoms with Gasteiger partial charge in [0, 0.05) is 42.5 Å². The molecule has 5 rings (SSSR count). The summed E-state index contributed by atoms with van der Waals surface area (Å²) < 4.78 is 49.2. The van der Waals surface area contributed by atoms with Crippen LogP contribution in [0.5, 0.6) is 0 Å². The first kappa shape index (κ1) is 27.7. The molecule has 0 radical (unpaired) electrons. The van der Waals surface area contributed by atoms with Crippen LogP contribution in [0.3, 0.4) is 0 Å². The fourth-order valence-corrected chi connectivity index (χ4v) is 5.34. The van der Waals surface area contributed by atoms with E-state index in [0.29, 0.717) is 29.7 Å². The van der Waals surface area contributed by atoms with Gasteiger partial charge in [-0.2, -0.15) is 13.2 Å². The fraction of sp³-hybridized carbons (Fsp3) is 0.481. The van der Waals surface area contributed by atoms with E-state index in [1.54, 1.807) is 18.3 Å². The van der Waals surface area contributed by atoms with Crippen LogP contribution >= 0.6 is 0 Å². The second-order valence-electron chi connectivity index (χ2n) is 10.1. The lowest BCUT2D eigenvalue weighted by Crippen LogP contribution is -2.55. The van der Waals surface area contributed by atoms with Crippen molar-refractivity contribution in [3.63, 3.8) is 0 Å². The molecule has 3 heterocycles. The predicted molar refractivity (Wildman–Crippen MR) is 143 cm³/mol. The van der Waals surface area contributed by atoms with Gasteiger partial charge in [-0.1, -0.05) is 25.0 Å². The van der Waals surface area contributed by atoms with Crippen molar-refractivity contribution in [3.05, 3.63) is 48.7 Å².